The van der Waals surface area contributed by atoms with Crippen molar-refractivity contribution in [2.45, 2.75) is 0 Å². The zero-order valence-corrected chi connectivity index (χ0v) is 14.8. The average Bonchev–Trinajstić information content (AvgIpc) is 2.67. The van der Waals surface area contributed by atoms with Gasteiger partial charge in [-0.15, -0.1) is 0 Å². The van der Waals surface area contributed by atoms with Gasteiger partial charge in [0.1, 0.15) is 5.75 Å². The summed E-state index contributed by atoms with van der Waals surface area (Å²) in [5, 5.41) is 5.48. The maximum atomic E-state index is 12.1. The first kappa shape index (κ1) is 19.2. The summed E-state index contributed by atoms with van der Waals surface area (Å²) in [6.07, 6.45) is 3.10. The Morgan fingerprint density at radius 3 is 2.65 bits per heavy atom. The van der Waals surface area contributed by atoms with Gasteiger partial charge < -0.3 is 20.1 Å². The summed E-state index contributed by atoms with van der Waals surface area (Å²) in [6.45, 7) is 0.865. The normalized spacial score (nSPS) is 10.5. The summed E-state index contributed by atoms with van der Waals surface area (Å²) in [5.74, 6) is 0.168. The second kappa shape index (κ2) is 10.0. The Morgan fingerprint density at radius 1 is 1.08 bits per heavy atom. The minimum Gasteiger partial charge on any atom is -0.496 e. The molecule has 2 rings (SSSR count). The summed E-state index contributed by atoms with van der Waals surface area (Å²) in [4.78, 5) is 24.2. The first-order valence-electron chi connectivity index (χ1n) is 8.13. The lowest BCUT2D eigenvalue weighted by molar-refractivity contribution is -0.111. The molecule has 2 aromatic carbocycles. The van der Waals surface area contributed by atoms with Crippen LogP contribution < -0.4 is 15.4 Å². The lowest BCUT2D eigenvalue weighted by Crippen LogP contribution is -2.27. The van der Waals surface area contributed by atoms with Crippen molar-refractivity contribution in [3.05, 3.63) is 65.7 Å². The molecule has 0 aliphatic carbocycles. The molecule has 0 saturated carbocycles. The van der Waals surface area contributed by atoms with Crippen molar-refractivity contribution >= 4 is 23.6 Å². The highest BCUT2D eigenvalue weighted by Crippen LogP contribution is 2.18. The number of nitrogens with one attached hydrogen (secondary N) is 2. The predicted molar refractivity (Wildman–Crippen MR) is 101 cm³/mol. The van der Waals surface area contributed by atoms with E-state index in [1.54, 1.807) is 44.6 Å². The molecule has 0 atom stereocenters. The van der Waals surface area contributed by atoms with E-state index in [9.17, 15) is 9.59 Å². The van der Waals surface area contributed by atoms with E-state index in [1.165, 1.54) is 6.08 Å². The molecule has 0 unspecified atom stereocenters. The molecule has 136 valence electrons. The average molecular weight is 354 g/mol. The van der Waals surface area contributed by atoms with Crippen LogP contribution in [0.4, 0.5) is 5.69 Å². The maximum absolute atomic E-state index is 12.1. The number of ether oxygens (including phenoxy) is 2. The molecule has 0 heterocycles. The molecule has 2 N–H and O–H groups in total. The second-order valence-electron chi connectivity index (χ2n) is 5.39. The summed E-state index contributed by atoms with van der Waals surface area (Å²) < 4.78 is 10.1. The quantitative estimate of drug-likeness (QED) is 0.564. The van der Waals surface area contributed by atoms with Crippen LogP contribution in [0, 0.1) is 0 Å². The van der Waals surface area contributed by atoms with Gasteiger partial charge in [0.2, 0.25) is 5.91 Å². The number of rotatable bonds is 8. The Kier molecular flexibility index (Phi) is 7.39. The van der Waals surface area contributed by atoms with Gasteiger partial charge >= 0.3 is 0 Å². The molecule has 6 nitrogen and oxygen atoms in total. The molecule has 0 aromatic heterocycles. The molecular formula is C20H22N2O4. The van der Waals surface area contributed by atoms with Crippen molar-refractivity contribution in [3.8, 4) is 5.75 Å². The van der Waals surface area contributed by atoms with Gasteiger partial charge in [0, 0.05) is 36.5 Å². The summed E-state index contributed by atoms with van der Waals surface area (Å²) in [5.41, 5.74) is 1.81. The van der Waals surface area contributed by atoms with Gasteiger partial charge in [0.05, 0.1) is 13.7 Å². The summed E-state index contributed by atoms with van der Waals surface area (Å²) in [7, 11) is 3.15. The highest BCUT2D eigenvalue weighted by atomic mass is 16.5. The number of para-hydroxylation sites is 1. The van der Waals surface area contributed by atoms with E-state index >= 15 is 0 Å². The predicted octanol–water partition coefficient (Wildman–Crippen LogP) is 2.72. The van der Waals surface area contributed by atoms with Crippen LogP contribution in [0.15, 0.2) is 54.6 Å². The van der Waals surface area contributed by atoms with E-state index in [0.717, 1.165) is 5.56 Å². The molecule has 0 aliphatic rings. The van der Waals surface area contributed by atoms with Gasteiger partial charge in [-0.2, -0.15) is 0 Å². The Labute approximate surface area is 152 Å². The fourth-order valence-corrected chi connectivity index (χ4v) is 2.26. The van der Waals surface area contributed by atoms with E-state index in [1.807, 2.05) is 24.3 Å². The standard InChI is InChI=1S/C20H22N2O4/c1-25-13-12-21-20(24)16-7-5-8-17(14-16)22-19(23)11-10-15-6-3-4-9-18(15)26-2/h3-11,14H,12-13H2,1-2H3,(H,21,24)(H,22,23)/b11-10+. The van der Waals surface area contributed by atoms with Crippen LogP contribution in [0.3, 0.4) is 0 Å². The van der Waals surface area contributed by atoms with Crippen LogP contribution in [0.1, 0.15) is 15.9 Å². The number of methoxy groups -OCH3 is 2. The number of hydrogen-bond acceptors (Lipinski definition) is 4. The van der Waals surface area contributed by atoms with E-state index < -0.39 is 0 Å². The van der Waals surface area contributed by atoms with Crippen LogP contribution in [0.25, 0.3) is 6.08 Å². The first-order valence-corrected chi connectivity index (χ1v) is 8.13. The Bertz CT molecular complexity index is 787. The molecule has 0 fully saturated rings. The molecule has 0 saturated heterocycles. The molecule has 0 radical (unpaired) electrons. The number of benzene rings is 2. The minimum absolute atomic E-state index is 0.220. The van der Waals surface area contributed by atoms with E-state index in [4.69, 9.17) is 9.47 Å². The van der Waals surface area contributed by atoms with Crippen LogP contribution >= 0.6 is 0 Å². The monoisotopic (exact) mass is 354 g/mol. The number of carbonyl (C=O) groups excluding carboxylic acids is 2. The molecule has 26 heavy (non-hydrogen) atoms. The van der Waals surface area contributed by atoms with E-state index in [-0.39, 0.29) is 11.8 Å². The SMILES string of the molecule is COCCNC(=O)c1cccc(NC(=O)/C=C/c2ccccc2OC)c1. The Hall–Kier alpha value is -3.12. The summed E-state index contributed by atoms with van der Waals surface area (Å²) in [6, 6.07) is 14.1. The fraction of sp³-hybridized carbons (Fsp3) is 0.200. The lowest BCUT2D eigenvalue weighted by atomic mass is 10.1. The van der Waals surface area contributed by atoms with Gasteiger partial charge in [-0.25, -0.2) is 0 Å². The van der Waals surface area contributed by atoms with Crippen molar-refractivity contribution in [1.82, 2.24) is 5.32 Å². The van der Waals surface area contributed by atoms with Gasteiger partial charge in [0.15, 0.2) is 0 Å². The number of hydrogen-bond donors (Lipinski definition) is 2. The third-order valence-corrected chi connectivity index (χ3v) is 3.54. The molecule has 6 heteroatoms. The molecule has 2 aromatic rings. The first-order chi connectivity index (χ1) is 12.6. The van der Waals surface area contributed by atoms with E-state index in [2.05, 4.69) is 10.6 Å². The highest BCUT2D eigenvalue weighted by molar-refractivity contribution is 6.03. The zero-order valence-electron chi connectivity index (χ0n) is 14.8. The van der Waals surface area contributed by atoms with Crippen molar-refractivity contribution < 1.29 is 19.1 Å². The van der Waals surface area contributed by atoms with Crippen molar-refractivity contribution in [1.29, 1.82) is 0 Å². The molecule has 0 aliphatic heterocycles. The van der Waals surface area contributed by atoms with Crippen molar-refractivity contribution in [2.24, 2.45) is 0 Å². The zero-order chi connectivity index (χ0) is 18.8. The second-order valence-corrected chi connectivity index (χ2v) is 5.39. The molecular weight excluding hydrogens is 332 g/mol. The van der Waals surface area contributed by atoms with Crippen molar-refractivity contribution in [3.63, 3.8) is 0 Å². The Morgan fingerprint density at radius 2 is 1.88 bits per heavy atom. The number of anilines is 1. The number of carbonyl (C=O) groups is 2. The van der Waals surface area contributed by atoms with Crippen LogP contribution in [0.2, 0.25) is 0 Å². The maximum Gasteiger partial charge on any atom is 0.251 e. The third kappa shape index (κ3) is 5.75. The molecule has 0 spiro atoms. The Balaban J connectivity index is 1.99. The van der Waals surface area contributed by atoms with Gasteiger partial charge in [0.25, 0.3) is 5.91 Å². The van der Waals surface area contributed by atoms with Gasteiger partial charge in [-0.1, -0.05) is 24.3 Å². The van der Waals surface area contributed by atoms with Crippen LogP contribution in [0.5, 0.6) is 5.75 Å². The highest BCUT2D eigenvalue weighted by Gasteiger charge is 2.07. The topological polar surface area (TPSA) is 76.7 Å². The molecule has 0 bridgehead atoms. The smallest absolute Gasteiger partial charge is 0.251 e. The fourth-order valence-electron chi connectivity index (χ4n) is 2.26. The summed E-state index contributed by atoms with van der Waals surface area (Å²) >= 11 is 0. The van der Waals surface area contributed by atoms with Crippen LogP contribution in [-0.4, -0.2) is 39.2 Å². The minimum atomic E-state index is -0.298. The molecule has 2 amide bonds. The lowest BCUT2D eigenvalue weighted by Gasteiger charge is -2.07. The van der Waals surface area contributed by atoms with Gasteiger partial charge in [-0.3, -0.25) is 9.59 Å². The van der Waals surface area contributed by atoms with E-state index in [0.29, 0.717) is 30.2 Å². The van der Waals surface area contributed by atoms with Crippen LogP contribution in [-0.2, 0) is 9.53 Å². The number of amides is 2. The van der Waals surface area contributed by atoms with Crippen molar-refractivity contribution in [2.75, 3.05) is 32.7 Å². The van der Waals surface area contributed by atoms with Gasteiger partial charge in [-0.05, 0) is 30.3 Å². The largest absolute Gasteiger partial charge is 0.496 e. The third-order valence-electron chi connectivity index (χ3n) is 3.54.